The van der Waals surface area contributed by atoms with E-state index in [-0.39, 0.29) is 6.03 Å². The number of hydrogen-bond acceptors (Lipinski definition) is 5. The predicted octanol–water partition coefficient (Wildman–Crippen LogP) is 2.59. The van der Waals surface area contributed by atoms with Crippen molar-refractivity contribution in [3.8, 4) is 11.1 Å². The van der Waals surface area contributed by atoms with Crippen LogP contribution in [0.2, 0.25) is 0 Å². The van der Waals surface area contributed by atoms with Gasteiger partial charge < -0.3 is 9.80 Å². The first-order valence-electron chi connectivity index (χ1n) is 9.48. The van der Waals surface area contributed by atoms with Crippen molar-refractivity contribution in [3.63, 3.8) is 0 Å². The molecule has 2 aromatic heterocycles. The number of nitrogens with one attached hydrogen (secondary N) is 1. The summed E-state index contributed by atoms with van der Waals surface area (Å²) in [6.07, 6.45) is 5.77. The molecule has 28 heavy (non-hydrogen) atoms. The quantitative estimate of drug-likeness (QED) is 0.757. The Hall–Kier alpha value is -3.00. The molecule has 0 atom stereocenters. The number of carbonyl (C=O) groups is 1. The Morgan fingerprint density at radius 3 is 2.61 bits per heavy atom. The highest BCUT2D eigenvalue weighted by Crippen LogP contribution is 2.24. The molecule has 0 saturated carbocycles. The van der Waals surface area contributed by atoms with Gasteiger partial charge in [0, 0.05) is 43.3 Å². The SMILES string of the molecule is CN(C)C1CCN(C(=O)Nc2cc3cc(-c4cnn(C)c4)ccc3nn2)CC1. The van der Waals surface area contributed by atoms with Gasteiger partial charge >= 0.3 is 6.03 Å². The molecule has 0 aliphatic carbocycles. The largest absolute Gasteiger partial charge is 0.324 e. The van der Waals surface area contributed by atoms with Crippen molar-refractivity contribution < 1.29 is 4.79 Å². The number of carbonyl (C=O) groups excluding carboxylic acids is 1. The molecule has 4 rings (SSSR count). The second kappa shape index (κ2) is 7.55. The van der Waals surface area contributed by atoms with Gasteiger partial charge in [-0.25, -0.2) is 4.79 Å². The second-order valence-corrected chi connectivity index (χ2v) is 7.52. The molecule has 1 aromatic carbocycles. The normalized spacial score (nSPS) is 15.4. The van der Waals surface area contributed by atoms with Crippen molar-refractivity contribution >= 4 is 22.8 Å². The molecular formula is C20H25N7O. The van der Waals surface area contributed by atoms with Crippen molar-refractivity contribution in [3.05, 3.63) is 36.7 Å². The number of benzene rings is 1. The maximum atomic E-state index is 12.6. The number of piperidine rings is 1. The third-order valence-electron chi connectivity index (χ3n) is 5.34. The number of rotatable bonds is 3. The zero-order chi connectivity index (χ0) is 19.7. The molecule has 0 bridgehead atoms. The van der Waals surface area contributed by atoms with E-state index in [9.17, 15) is 4.79 Å². The van der Waals surface area contributed by atoms with Gasteiger partial charge in [0.05, 0.1) is 11.7 Å². The lowest BCUT2D eigenvalue weighted by molar-refractivity contribution is 0.156. The van der Waals surface area contributed by atoms with Crippen molar-refractivity contribution in [1.29, 1.82) is 0 Å². The summed E-state index contributed by atoms with van der Waals surface area (Å²) in [6.45, 7) is 1.50. The van der Waals surface area contributed by atoms with E-state index in [1.165, 1.54) is 0 Å². The monoisotopic (exact) mass is 379 g/mol. The van der Waals surface area contributed by atoms with E-state index in [1.807, 2.05) is 48.6 Å². The number of fused-ring (bicyclic) bond motifs is 1. The Labute approximate surface area is 164 Å². The molecule has 1 fully saturated rings. The maximum absolute atomic E-state index is 12.6. The van der Waals surface area contributed by atoms with Crippen molar-refractivity contribution in [2.24, 2.45) is 7.05 Å². The molecule has 1 saturated heterocycles. The van der Waals surface area contributed by atoms with Gasteiger partial charge in [0.2, 0.25) is 0 Å². The van der Waals surface area contributed by atoms with Gasteiger partial charge in [-0.05, 0) is 50.7 Å². The van der Waals surface area contributed by atoms with E-state index in [0.717, 1.165) is 48.0 Å². The van der Waals surface area contributed by atoms with Gasteiger partial charge in [-0.3, -0.25) is 10.00 Å². The van der Waals surface area contributed by atoms with Crippen LogP contribution in [0.15, 0.2) is 36.7 Å². The molecule has 0 unspecified atom stereocenters. The molecule has 146 valence electrons. The number of hydrogen-bond donors (Lipinski definition) is 1. The van der Waals surface area contributed by atoms with Crippen LogP contribution in [0.5, 0.6) is 0 Å². The van der Waals surface area contributed by atoms with Crippen LogP contribution < -0.4 is 5.32 Å². The Kier molecular flexibility index (Phi) is 4.95. The molecule has 3 heterocycles. The smallest absolute Gasteiger partial charge is 0.323 e. The van der Waals surface area contributed by atoms with Crippen LogP contribution in [0.4, 0.5) is 10.6 Å². The average molecular weight is 379 g/mol. The maximum Gasteiger partial charge on any atom is 0.323 e. The highest BCUT2D eigenvalue weighted by molar-refractivity contribution is 5.91. The summed E-state index contributed by atoms with van der Waals surface area (Å²) >= 11 is 0. The topological polar surface area (TPSA) is 79.2 Å². The fraction of sp³-hybridized carbons (Fsp3) is 0.400. The first-order valence-corrected chi connectivity index (χ1v) is 9.48. The van der Waals surface area contributed by atoms with Crippen LogP contribution in [0, 0.1) is 0 Å². The molecule has 1 aliphatic heterocycles. The first kappa shape index (κ1) is 18.4. The summed E-state index contributed by atoms with van der Waals surface area (Å²) < 4.78 is 1.77. The third kappa shape index (κ3) is 3.82. The van der Waals surface area contributed by atoms with E-state index in [1.54, 1.807) is 4.68 Å². The predicted molar refractivity (Wildman–Crippen MR) is 109 cm³/mol. The molecule has 8 heteroatoms. The molecule has 0 radical (unpaired) electrons. The molecular weight excluding hydrogens is 354 g/mol. The minimum atomic E-state index is -0.116. The van der Waals surface area contributed by atoms with Crippen LogP contribution in [0.25, 0.3) is 22.0 Å². The minimum absolute atomic E-state index is 0.116. The molecule has 8 nitrogen and oxygen atoms in total. The highest BCUT2D eigenvalue weighted by atomic mass is 16.2. The van der Waals surface area contributed by atoms with Gasteiger partial charge in [0.25, 0.3) is 0 Å². The summed E-state index contributed by atoms with van der Waals surface area (Å²) in [5.74, 6) is 0.468. The standard InChI is InChI=1S/C20H25N7O/c1-25(2)17-6-8-27(9-7-17)20(28)22-19-11-15-10-14(4-5-18(15)23-24-19)16-12-21-26(3)13-16/h4-5,10-13,17H,6-9H2,1-3H3,(H,22,24,28). The Balaban J connectivity index is 1.49. The molecule has 1 N–H and O–H groups in total. The second-order valence-electron chi connectivity index (χ2n) is 7.52. The molecule has 3 aromatic rings. The Bertz CT molecular complexity index is 989. The number of aryl methyl sites for hydroxylation is 1. The lowest BCUT2D eigenvalue weighted by Crippen LogP contribution is -2.46. The fourth-order valence-corrected chi connectivity index (χ4v) is 3.63. The number of amides is 2. The highest BCUT2D eigenvalue weighted by Gasteiger charge is 2.24. The number of anilines is 1. The van der Waals surface area contributed by atoms with Crippen LogP contribution in [0.3, 0.4) is 0 Å². The van der Waals surface area contributed by atoms with Gasteiger partial charge in [0.1, 0.15) is 0 Å². The summed E-state index contributed by atoms with van der Waals surface area (Å²) in [4.78, 5) is 16.7. The Morgan fingerprint density at radius 2 is 1.93 bits per heavy atom. The van der Waals surface area contributed by atoms with Crippen molar-refractivity contribution in [2.45, 2.75) is 18.9 Å². The molecule has 2 amide bonds. The lowest BCUT2D eigenvalue weighted by Gasteiger charge is -2.35. The van der Waals surface area contributed by atoms with E-state index in [2.05, 4.69) is 39.6 Å². The molecule has 0 spiro atoms. The summed E-state index contributed by atoms with van der Waals surface area (Å²) in [6, 6.07) is 8.26. The van der Waals surface area contributed by atoms with Crippen molar-refractivity contribution in [2.75, 3.05) is 32.5 Å². The fourth-order valence-electron chi connectivity index (χ4n) is 3.63. The van der Waals surface area contributed by atoms with Crippen LogP contribution >= 0.6 is 0 Å². The number of aromatic nitrogens is 4. The summed E-state index contributed by atoms with van der Waals surface area (Å²) in [5.41, 5.74) is 2.88. The average Bonchev–Trinajstić information content (AvgIpc) is 3.14. The number of urea groups is 1. The Morgan fingerprint density at radius 1 is 1.14 bits per heavy atom. The van der Waals surface area contributed by atoms with Gasteiger partial charge in [-0.15, -0.1) is 10.2 Å². The van der Waals surface area contributed by atoms with Crippen LogP contribution in [0.1, 0.15) is 12.8 Å². The number of nitrogens with zero attached hydrogens (tertiary/aromatic N) is 6. The zero-order valence-electron chi connectivity index (χ0n) is 16.5. The summed E-state index contributed by atoms with van der Waals surface area (Å²) in [7, 11) is 6.07. The lowest BCUT2D eigenvalue weighted by atomic mass is 10.0. The zero-order valence-corrected chi connectivity index (χ0v) is 16.5. The molecule has 1 aliphatic rings. The summed E-state index contributed by atoms with van der Waals surface area (Å²) in [5, 5.41) is 16.4. The van der Waals surface area contributed by atoms with Gasteiger partial charge in [-0.1, -0.05) is 6.07 Å². The van der Waals surface area contributed by atoms with E-state index in [4.69, 9.17) is 0 Å². The van der Waals surface area contributed by atoms with Gasteiger partial charge in [-0.2, -0.15) is 5.10 Å². The van der Waals surface area contributed by atoms with E-state index < -0.39 is 0 Å². The van der Waals surface area contributed by atoms with Crippen LogP contribution in [-0.2, 0) is 7.05 Å². The number of likely N-dealkylation sites (tertiary alicyclic amines) is 1. The van der Waals surface area contributed by atoms with Crippen molar-refractivity contribution in [1.82, 2.24) is 29.8 Å². The van der Waals surface area contributed by atoms with Crippen LogP contribution in [-0.4, -0.2) is 69.0 Å². The first-order chi connectivity index (χ1) is 13.5. The third-order valence-corrected chi connectivity index (χ3v) is 5.34. The van der Waals surface area contributed by atoms with E-state index in [0.29, 0.717) is 11.9 Å². The van der Waals surface area contributed by atoms with Gasteiger partial charge in [0.15, 0.2) is 5.82 Å². The van der Waals surface area contributed by atoms with E-state index >= 15 is 0 Å². The minimum Gasteiger partial charge on any atom is -0.324 e.